The van der Waals surface area contributed by atoms with Crippen LogP contribution in [0.15, 0.2) is 24.3 Å². The molecular formula is C15H23N3O2. The van der Waals surface area contributed by atoms with Gasteiger partial charge in [-0.1, -0.05) is 31.5 Å². The van der Waals surface area contributed by atoms with Gasteiger partial charge in [-0.05, 0) is 31.9 Å². The van der Waals surface area contributed by atoms with Crippen LogP contribution in [-0.2, 0) is 9.59 Å². The Labute approximate surface area is 119 Å². The Kier molecular flexibility index (Phi) is 5.70. The van der Waals surface area contributed by atoms with Crippen molar-refractivity contribution in [2.45, 2.75) is 39.8 Å². The molecule has 0 aliphatic rings. The normalized spacial score (nSPS) is 13.7. The minimum Gasteiger partial charge on any atom is -0.343 e. The van der Waals surface area contributed by atoms with Gasteiger partial charge in [0.1, 0.15) is 6.04 Å². The standard InChI is InChI=1S/C15H23N3O2/c1-9(2)13(16)15(20)17-11(4)14(19)18-12-7-5-10(3)6-8-12/h5-9,11,13H,16H2,1-4H3,(H,17,20)(H,18,19)/t11-,13-/m0/s1. The van der Waals surface area contributed by atoms with Crippen LogP contribution in [0.1, 0.15) is 26.3 Å². The van der Waals surface area contributed by atoms with Gasteiger partial charge in [0.05, 0.1) is 6.04 Å². The van der Waals surface area contributed by atoms with Crippen LogP contribution in [0.3, 0.4) is 0 Å². The molecule has 0 unspecified atom stereocenters. The van der Waals surface area contributed by atoms with Gasteiger partial charge in [-0.2, -0.15) is 0 Å². The number of nitrogens with one attached hydrogen (secondary N) is 2. The van der Waals surface area contributed by atoms with Crippen LogP contribution in [0, 0.1) is 12.8 Å². The average molecular weight is 277 g/mol. The summed E-state index contributed by atoms with van der Waals surface area (Å²) >= 11 is 0. The highest BCUT2D eigenvalue weighted by molar-refractivity contribution is 5.97. The molecule has 5 heteroatoms. The molecule has 0 saturated carbocycles. The summed E-state index contributed by atoms with van der Waals surface area (Å²) in [6, 6.07) is 6.22. The topological polar surface area (TPSA) is 84.2 Å². The van der Waals surface area contributed by atoms with Gasteiger partial charge in [-0.15, -0.1) is 0 Å². The molecule has 1 aromatic rings. The van der Waals surface area contributed by atoms with E-state index in [-0.39, 0.29) is 17.7 Å². The fourth-order valence-electron chi connectivity index (χ4n) is 1.57. The SMILES string of the molecule is Cc1ccc(NC(=O)[C@H](C)NC(=O)[C@@H](N)C(C)C)cc1. The molecule has 0 saturated heterocycles. The minimum atomic E-state index is -0.631. The molecule has 0 aromatic heterocycles. The summed E-state index contributed by atoms with van der Waals surface area (Å²) < 4.78 is 0. The Balaban J connectivity index is 2.55. The Morgan fingerprint density at radius 3 is 2.10 bits per heavy atom. The number of nitrogens with two attached hydrogens (primary N) is 1. The van der Waals surface area contributed by atoms with Gasteiger partial charge in [0.15, 0.2) is 0 Å². The molecule has 2 amide bonds. The number of carbonyl (C=O) groups is 2. The number of aryl methyl sites for hydroxylation is 1. The first kappa shape index (κ1) is 16.2. The Hall–Kier alpha value is -1.88. The number of hydrogen-bond acceptors (Lipinski definition) is 3. The Morgan fingerprint density at radius 2 is 1.60 bits per heavy atom. The molecule has 2 atom stereocenters. The fraction of sp³-hybridized carbons (Fsp3) is 0.467. The molecule has 110 valence electrons. The molecule has 1 rings (SSSR count). The van der Waals surface area contributed by atoms with Crippen molar-refractivity contribution < 1.29 is 9.59 Å². The summed E-state index contributed by atoms with van der Waals surface area (Å²) in [6.45, 7) is 7.33. The van der Waals surface area contributed by atoms with Crippen molar-refractivity contribution in [2.75, 3.05) is 5.32 Å². The third-order valence-corrected chi connectivity index (χ3v) is 3.09. The van der Waals surface area contributed by atoms with Crippen molar-refractivity contribution in [3.63, 3.8) is 0 Å². The molecule has 5 nitrogen and oxygen atoms in total. The number of carbonyl (C=O) groups excluding carboxylic acids is 2. The smallest absolute Gasteiger partial charge is 0.246 e. The van der Waals surface area contributed by atoms with Crippen LogP contribution < -0.4 is 16.4 Å². The molecule has 20 heavy (non-hydrogen) atoms. The predicted molar refractivity (Wildman–Crippen MR) is 80.2 cm³/mol. The highest BCUT2D eigenvalue weighted by atomic mass is 16.2. The second-order valence-corrected chi connectivity index (χ2v) is 5.36. The molecule has 0 heterocycles. The van der Waals surface area contributed by atoms with E-state index in [4.69, 9.17) is 5.73 Å². The van der Waals surface area contributed by atoms with E-state index in [2.05, 4.69) is 10.6 Å². The Bertz CT molecular complexity index is 469. The third-order valence-electron chi connectivity index (χ3n) is 3.09. The second-order valence-electron chi connectivity index (χ2n) is 5.36. The summed E-state index contributed by atoms with van der Waals surface area (Å²) in [4.78, 5) is 23.7. The zero-order valence-electron chi connectivity index (χ0n) is 12.4. The van der Waals surface area contributed by atoms with Gasteiger partial charge in [0.25, 0.3) is 0 Å². The number of amides is 2. The summed E-state index contributed by atoms with van der Waals surface area (Å²) in [7, 11) is 0. The van der Waals surface area contributed by atoms with Crippen LogP contribution in [0.25, 0.3) is 0 Å². The van der Waals surface area contributed by atoms with E-state index in [0.717, 1.165) is 5.56 Å². The summed E-state index contributed by atoms with van der Waals surface area (Å²) in [5.74, 6) is -0.549. The number of benzene rings is 1. The third kappa shape index (κ3) is 4.66. The number of anilines is 1. The Morgan fingerprint density at radius 1 is 1.05 bits per heavy atom. The number of hydrogen-bond donors (Lipinski definition) is 3. The minimum absolute atomic E-state index is 0.0300. The van der Waals surface area contributed by atoms with E-state index in [1.54, 1.807) is 6.92 Å². The van der Waals surface area contributed by atoms with Crippen molar-refractivity contribution >= 4 is 17.5 Å². The lowest BCUT2D eigenvalue weighted by Crippen LogP contribution is -2.50. The first-order valence-corrected chi connectivity index (χ1v) is 6.74. The van der Waals surface area contributed by atoms with Gasteiger partial charge in [0.2, 0.25) is 11.8 Å². The van der Waals surface area contributed by atoms with Crippen molar-refractivity contribution in [1.29, 1.82) is 0 Å². The molecule has 0 aliphatic carbocycles. The highest BCUT2D eigenvalue weighted by Crippen LogP contribution is 2.09. The maximum atomic E-state index is 12.0. The molecule has 0 spiro atoms. The van der Waals surface area contributed by atoms with Crippen LogP contribution in [0.5, 0.6) is 0 Å². The molecule has 1 aromatic carbocycles. The lowest BCUT2D eigenvalue weighted by molar-refractivity contribution is -0.127. The van der Waals surface area contributed by atoms with Gasteiger partial charge < -0.3 is 16.4 Å². The maximum absolute atomic E-state index is 12.0. The van der Waals surface area contributed by atoms with Gasteiger partial charge in [-0.3, -0.25) is 9.59 Å². The first-order chi connectivity index (χ1) is 9.31. The van der Waals surface area contributed by atoms with E-state index in [1.165, 1.54) is 0 Å². The van der Waals surface area contributed by atoms with Crippen LogP contribution in [0.4, 0.5) is 5.69 Å². The lowest BCUT2D eigenvalue weighted by Gasteiger charge is -2.19. The quantitative estimate of drug-likeness (QED) is 0.761. The summed E-state index contributed by atoms with van der Waals surface area (Å²) in [5.41, 5.74) is 7.56. The van der Waals surface area contributed by atoms with E-state index < -0.39 is 12.1 Å². The van der Waals surface area contributed by atoms with Crippen molar-refractivity contribution in [1.82, 2.24) is 5.32 Å². The molecule has 4 N–H and O–H groups in total. The van der Waals surface area contributed by atoms with E-state index >= 15 is 0 Å². The largest absolute Gasteiger partial charge is 0.343 e. The molecular weight excluding hydrogens is 254 g/mol. The van der Waals surface area contributed by atoms with Crippen LogP contribution >= 0.6 is 0 Å². The lowest BCUT2D eigenvalue weighted by atomic mass is 10.0. The fourth-order valence-corrected chi connectivity index (χ4v) is 1.57. The van der Waals surface area contributed by atoms with E-state index in [9.17, 15) is 9.59 Å². The average Bonchev–Trinajstić information content (AvgIpc) is 2.40. The van der Waals surface area contributed by atoms with Crippen LogP contribution in [-0.4, -0.2) is 23.9 Å². The zero-order chi connectivity index (χ0) is 15.3. The van der Waals surface area contributed by atoms with Crippen molar-refractivity contribution in [3.05, 3.63) is 29.8 Å². The van der Waals surface area contributed by atoms with Gasteiger partial charge in [-0.25, -0.2) is 0 Å². The van der Waals surface area contributed by atoms with Crippen molar-refractivity contribution in [3.8, 4) is 0 Å². The van der Waals surface area contributed by atoms with Crippen LogP contribution in [0.2, 0.25) is 0 Å². The van der Waals surface area contributed by atoms with Gasteiger partial charge in [0, 0.05) is 5.69 Å². The molecule has 0 aliphatic heterocycles. The predicted octanol–water partition coefficient (Wildman–Crippen LogP) is 1.42. The highest BCUT2D eigenvalue weighted by Gasteiger charge is 2.21. The van der Waals surface area contributed by atoms with E-state index in [0.29, 0.717) is 5.69 Å². The summed E-state index contributed by atoms with van der Waals surface area (Å²) in [6.07, 6.45) is 0. The summed E-state index contributed by atoms with van der Waals surface area (Å²) in [5, 5.41) is 5.36. The second kappa shape index (κ2) is 7.05. The monoisotopic (exact) mass is 277 g/mol. The van der Waals surface area contributed by atoms with E-state index in [1.807, 2.05) is 45.0 Å². The van der Waals surface area contributed by atoms with Gasteiger partial charge >= 0.3 is 0 Å². The van der Waals surface area contributed by atoms with Crippen molar-refractivity contribution in [2.24, 2.45) is 11.7 Å². The maximum Gasteiger partial charge on any atom is 0.246 e. The molecule has 0 bridgehead atoms. The molecule has 0 radical (unpaired) electrons. The molecule has 0 fully saturated rings. The zero-order valence-corrected chi connectivity index (χ0v) is 12.4. The number of rotatable bonds is 5. The first-order valence-electron chi connectivity index (χ1n) is 6.74.